The number of unbranched alkanes of at least 4 members (excludes halogenated alkanes) is 2. The molecule has 2 fully saturated rings. The van der Waals surface area contributed by atoms with Gasteiger partial charge in [0.25, 0.3) is 0 Å². The molecule has 2 rings (SSSR count). The van der Waals surface area contributed by atoms with E-state index in [1.807, 2.05) is 0 Å². The SMILES string of the molecule is CC(=O)CCCCCN(CCC[C@@H]1O[C@@H](C)[C@@H](O)[C@@H](O)[C@@H]1O)CCOC1O[C@H](CO)[C@@H](O)[C@H](O)[C@H]1O. The predicted octanol–water partition coefficient (Wildman–Crippen LogP) is -2.10. The molecule has 0 aromatic rings. The first kappa shape index (κ1) is 31.4. The summed E-state index contributed by atoms with van der Waals surface area (Å²) in [7, 11) is 0. The topological polar surface area (TPSA) is 190 Å². The van der Waals surface area contributed by atoms with Gasteiger partial charge in [0, 0.05) is 13.0 Å². The zero-order chi connectivity index (χ0) is 26.8. The molecule has 2 aliphatic rings. The molecule has 0 saturated carbocycles. The Kier molecular flexibility index (Phi) is 13.6. The molecule has 10 atom stereocenters. The van der Waals surface area contributed by atoms with E-state index < -0.39 is 67.8 Å². The van der Waals surface area contributed by atoms with Crippen LogP contribution in [0.1, 0.15) is 52.4 Å². The zero-order valence-electron chi connectivity index (χ0n) is 21.3. The van der Waals surface area contributed by atoms with E-state index >= 15 is 0 Å². The summed E-state index contributed by atoms with van der Waals surface area (Å²) in [6, 6.07) is 0. The van der Waals surface area contributed by atoms with Gasteiger partial charge in [0.05, 0.1) is 25.4 Å². The maximum Gasteiger partial charge on any atom is 0.186 e. The summed E-state index contributed by atoms with van der Waals surface area (Å²) in [5.74, 6) is 0.160. The minimum Gasteiger partial charge on any atom is -0.394 e. The van der Waals surface area contributed by atoms with E-state index in [9.17, 15) is 40.5 Å². The van der Waals surface area contributed by atoms with Gasteiger partial charge >= 0.3 is 0 Å². The van der Waals surface area contributed by atoms with Crippen LogP contribution in [0, 0.1) is 0 Å². The number of hydrogen-bond acceptors (Lipinski definition) is 12. The van der Waals surface area contributed by atoms with Crippen molar-refractivity contribution in [2.75, 3.05) is 32.8 Å². The van der Waals surface area contributed by atoms with Gasteiger partial charge in [-0.1, -0.05) is 6.42 Å². The first-order valence-electron chi connectivity index (χ1n) is 12.9. The van der Waals surface area contributed by atoms with Crippen molar-refractivity contribution >= 4 is 5.78 Å². The first-order chi connectivity index (χ1) is 17.1. The van der Waals surface area contributed by atoms with Gasteiger partial charge in [-0.15, -0.1) is 0 Å². The van der Waals surface area contributed by atoms with Gasteiger partial charge in [0.2, 0.25) is 0 Å². The van der Waals surface area contributed by atoms with Gasteiger partial charge in [-0.2, -0.15) is 0 Å². The van der Waals surface area contributed by atoms with Crippen molar-refractivity contribution in [1.82, 2.24) is 4.90 Å². The number of aliphatic hydroxyl groups excluding tert-OH is 7. The summed E-state index contributed by atoms with van der Waals surface area (Å²) in [6.45, 7) is 4.66. The average Bonchev–Trinajstić information content (AvgIpc) is 2.84. The molecule has 2 aliphatic heterocycles. The highest BCUT2D eigenvalue weighted by molar-refractivity contribution is 5.75. The van der Waals surface area contributed by atoms with Crippen LogP contribution in [-0.2, 0) is 19.0 Å². The quantitative estimate of drug-likeness (QED) is 0.116. The monoisotopic (exact) mass is 523 g/mol. The molecule has 0 aliphatic carbocycles. The largest absolute Gasteiger partial charge is 0.394 e. The van der Waals surface area contributed by atoms with E-state index in [0.29, 0.717) is 32.4 Å². The molecule has 2 heterocycles. The maximum absolute atomic E-state index is 11.2. The lowest BCUT2D eigenvalue weighted by Gasteiger charge is -2.40. The molecule has 12 heteroatoms. The van der Waals surface area contributed by atoms with Crippen molar-refractivity contribution in [3.05, 3.63) is 0 Å². The lowest BCUT2D eigenvalue weighted by atomic mass is 9.93. The summed E-state index contributed by atoms with van der Waals surface area (Å²) in [4.78, 5) is 13.3. The third-order valence-electron chi connectivity index (χ3n) is 6.96. The van der Waals surface area contributed by atoms with Crippen molar-refractivity contribution in [3.63, 3.8) is 0 Å². The van der Waals surface area contributed by atoms with Crippen LogP contribution < -0.4 is 0 Å². The van der Waals surface area contributed by atoms with E-state index in [4.69, 9.17) is 14.2 Å². The van der Waals surface area contributed by atoms with E-state index in [2.05, 4.69) is 4.90 Å². The third-order valence-corrected chi connectivity index (χ3v) is 6.96. The van der Waals surface area contributed by atoms with Crippen molar-refractivity contribution in [2.24, 2.45) is 0 Å². The normalized spacial score (nSPS) is 37.4. The maximum atomic E-state index is 11.2. The number of rotatable bonds is 15. The Hall–Kier alpha value is -0.770. The molecule has 0 radical (unpaired) electrons. The Labute approximate surface area is 212 Å². The standard InChI is InChI=1S/C24H45NO11/c1-14(27)7-4-3-5-9-25(10-6-8-16-19(29)21(31)18(28)15(2)35-16)11-12-34-24-23(33)22(32)20(30)17(13-26)36-24/h15-24,26,28-33H,3-13H2,1-2H3/t15-,16-,17+,18+,19+,20+,21+,22-,23+,24?/m0/s1. The zero-order valence-corrected chi connectivity index (χ0v) is 21.3. The number of ether oxygens (including phenoxy) is 3. The third kappa shape index (κ3) is 9.21. The number of Topliss-reactive ketones (excluding diaryl/α,β-unsaturated/α-hetero) is 1. The van der Waals surface area contributed by atoms with Crippen LogP contribution in [0.2, 0.25) is 0 Å². The van der Waals surface area contributed by atoms with Gasteiger partial charge in [-0.25, -0.2) is 0 Å². The summed E-state index contributed by atoms with van der Waals surface area (Å²) >= 11 is 0. The van der Waals surface area contributed by atoms with Crippen molar-refractivity contribution in [2.45, 2.75) is 114 Å². The van der Waals surface area contributed by atoms with Crippen LogP contribution in [0.4, 0.5) is 0 Å². The van der Waals surface area contributed by atoms with Gasteiger partial charge in [-0.3, -0.25) is 0 Å². The Balaban J connectivity index is 1.84. The minimum atomic E-state index is -1.50. The number of aliphatic hydroxyl groups is 7. The van der Waals surface area contributed by atoms with Crippen LogP contribution in [0.15, 0.2) is 0 Å². The Bertz CT molecular complexity index is 639. The molecule has 12 nitrogen and oxygen atoms in total. The average molecular weight is 524 g/mol. The van der Waals surface area contributed by atoms with Crippen molar-refractivity contribution in [1.29, 1.82) is 0 Å². The van der Waals surface area contributed by atoms with Crippen molar-refractivity contribution in [3.8, 4) is 0 Å². The van der Waals surface area contributed by atoms with Crippen LogP contribution in [0.3, 0.4) is 0 Å². The van der Waals surface area contributed by atoms with E-state index in [1.54, 1.807) is 13.8 Å². The van der Waals surface area contributed by atoms with Crippen LogP contribution in [0.5, 0.6) is 0 Å². The molecule has 0 aromatic carbocycles. The molecular weight excluding hydrogens is 478 g/mol. The fraction of sp³-hybridized carbons (Fsp3) is 0.958. The molecule has 1 unspecified atom stereocenters. The molecule has 0 amide bonds. The summed E-state index contributed by atoms with van der Waals surface area (Å²) in [5, 5.41) is 69.4. The molecule has 0 spiro atoms. The predicted molar refractivity (Wildman–Crippen MR) is 127 cm³/mol. The lowest BCUT2D eigenvalue weighted by Crippen LogP contribution is -2.59. The number of carbonyl (C=O) groups excluding carboxylic acids is 1. The molecule has 0 bridgehead atoms. The molecule has 2 saturated heterocycles. The minimum absolute atomic E-state index is 0.153. The van der Waals surface area contributed by atoms with Crippen LogP contribution in [0.25, 0.3) is 0 Å². The van der Waals surface area contributed by atoms with Crippen LogP contribution in [-0.4, -0.2) is 141 Å². The number of carbonyl (C=O) groups is 1. The van der Waals surface area contributed by atoms with Gasteiger partial charge in [-0.05, 0) is 52.6 Å². The fourth-order valence-corrected chi connectivity index (χ4v) is 4.62. The number of nitrogens with zero attached hydrogens (tertiary/aromatic N) is 1. The fourth-order valence-electron chi connectivity index (χ4n) is 4.62. The highest BCUT2D eigenvalue weighted by Gasteiger charge is 2.44. The molecule has 36 heavy (non-hydrogen) atoms. The van der Waals surface area contributed by atoms with E-state index in [1.165, 1.54) is 0 Å². The second kappa shape index (κ2) is 15.6. The van der Waals surface area contributed by atoms with Gasteiger partial charge in [0.1, 0.15) is 48.5 Å². The van der Waals surface area contributed by atoms with Gasteiger partial charge in [0.15, 0.2) is 6.29 Å². The van der Waals surface area contributed by atoms with E-state index in [0.717, 1.165) is 25.8 Å². The van der Waals surface area contributed by atoms with Gasteiger partial charge < -0.3 is 59.7 Å². The first-order valence-corrected chi connectivity index (χ1v) is 12.9. The second-order valence-corrected chi connectivity index (χ2v) is 9.92. The molecular formula is C24H45NO11. The molecule has 0 aromatic heterocycles. The van der Waals surface area contributed by atoms with Crippen molar-refractivity contribution < 1.29 is 54.8 Å². The van der Waals surface area contributed by atoms with E-state index in [-0.39, 0.29) is 12.4 Å². The molecule has 7 N–H and O–H groups in total. The molecule has 212 valence electrons. The Morgan fingerprint density at radius 2 is 1.42 bits per heavy atom. The summed E-state index contributed by atoms with van der Waals surface area (Å²) in [5.41, 5.74) is 0. The smallest absolute Gasteiger partial charge is 0.186 e. The Morgan fingerprint density at radius 1 is 0.778 bits per heavy atom. The van der Waals surface area contributed by atoms with Crippen LogP contribution >= 0.6 is 0 Å². The summed E-state index contributed by atoms with van der Waals surface area (Å²) in [6.07, 6.45) is -7.18. The highest BCUT2D eigenvalue weighted by atomic mass is 16.7. The lowest BCUT2D eigenvalue weighted by molar-refractivity contribution is -0.301. The number of ketones is 1. The number of hydrogen-bond donors (Lipinski definition) is 7. The summed E-state index contributed by atoms with van der Waals surface area (Å²) < 4.78 is 16.7. The second-order valence-electron chi connectivity index (χ2n) is 9.92. The highest BCUT2D eigenvalue weighted by Crippen LogP contribution is 2.24. The Morgan fingerprint density at radius 3 is 2.08 bits per heavy atom.